The summed E-state index contributed by atoms with van der Waals surface area (Å²) in [6, 6.07) is 9.51. The van der Waals surface area contributed by atoms with Crippen LogP contribution in [0.3, 0.4) is 0 Å². The van der Waals surface area contributed by atoms with Gasteiger partial charge in [-0.15, -0.1) is 0 Å². The maximum absolute atomic E-state index is 2.49. The number of pyridine rings is 2. The van der Waals surface area contributed by atoms with Crippen molar-refractivity contribution in [3.63, 3.8) is 0 Å². The second-order valence-corrected chi connectivity index (χ2v) is 9.19. The van der Waals surface area contributed by atoms with Gasteiger partial charge < -0.3 is 0 Å². The maximum Gasteiger partial charge on any atom is 0.179 e. The topological polar surface area (TPSA) is 7.76 Å². The van der Waals surface area contributed by atoms with E-state index < -0.39 is 0 Å². The third-order valence-electron chi connectivity index (χ3n) is 6.46. The fourth-order valence-corrected chi connectivity index (χ4v) is 4.64. The van der Waals surface area contributed by atoms with Crippen LogP contribution in [-0.2, 0) is 13.1 Å². The molecule has 0 N–H and O–H groups in total. The zero-order valence-corrected chi connectivity index (χ0v) is 20.7. The van der Waals surface area contributed by atoms with Gasteiger partial charge in [0.15, 0.2) is 22.8 Å². The average molecular weight is 411 g/mol. The molecule has 0 atom stereocenters. The van der Waals surface area contributed by atoms with E-state index in [0.717, 1.165) is 13.1 Å². The maximum atomic E-state index is 2.49. The molecule has 0 unspecified atom stereocenters. The third kappa shape index (κ3) is 7.22. The molecule has 2 aromatic heterocycles. The van der Waals surface area contributed by atoms with Gasteiger partial charge in [0.25, 0.3) is 0 Å². The molecule has 2 nitrogen and oxygen atoms in total. The van der Waals surface area contributed by atoms with Crippen LogP contribution in [0, 0.1) is 27.7 Å². The molecule has 0 aliphatic carbocycles. The molecule has 2 heteroatoms. The van der Waals surface area contributed by atoms with Gasteiger partial charge in [0.1, 0.15) is 13.1 Å². The Balaban J connectivity index is 2.09. The summed E-state index contributed by atoms with van der Waals surface area (Å²) in [6.07, 6.45) is 13.4. The molecule has 0 fully saturated rings. The molecule has 2 rings (SSSR count). The smallest absolute Gasteiger partial charge is 0.179 e. The number of aromatic nitrogens is 2. The lowest BCUT2D eigenvalue weighted by Gasteiger charge is -2.10. The van der Waals surface area contributed by atoms with E-state index in [2.05, 4.69) is 74.9 Å². The first kappa shape index (κ1) is 24.6. The van der Waals surface area contributed by atoms with Crippen molar-refractivity contribution in [3.8, 4) is 11.1 Å². The highest BCUT2D eigenvalue weighted by molar-refractivity contribution is 5.63. The molecule has 0 saturated carbocycles. The van der Waals surface area contributed by atoms with Crippen molar-refractivity contribution in [1.82, 2.24) is 0 Å². The highest BCUT2D eigenvalue weighted by Crippen LogP contribution is 2.22. The normalized spacial score (nSPS) is 11.3. The van der Waals surface area contributed by atoms with E-state index in [0.29, 0.717) is 0 Å². The number of aryl methyl sites for hydroxylation is 4. The number of unbranched alkanes of at least 4 members (excludes halogenated alkanes) is 8. The summed E-state index contributed by atoms with van der Waals surface area (Å²) >= 11 is 0. The molecule has 0 aliphatic heterocycles. The summed E-state index contributed by atoms with van der Waals surface area (Å²) < 4.78 is 4.99. The molecule has 0 aromatic carbocycles. The van der Waals surface area contributed by atoms with E-state index in [-0.39, 0.29) is 0 Å². The summed E-state index contributed by atoms with van der Waals surface area (Å²) in [5, 5.41) is 0. The number of hydrogen-bond donors (Lipinski definition) is 0. The molecular weight excluding hydrogens is 364 g/mol. The predicted octanol–water partition coefficient (Wildman–Crippen LogP) is 7.10. The van der Waals surface area contributed by atoms with E-state index in [1.165, 1.54) is 98.1 Å². The van der Waals surface area contributed by atoms with Gasteiger partial charge >= 0.3 is 0 Å². The molecule has 0 aliphatic rings. The largest absolute Gasteiger partial charge is 0.200 e. The first-order valence-corrected chi connectivity index (χ1v) is 12.5. The summed E-state index contributed by atoms with van der Waals surface area (Å²) in [7, 11) is 0. The fourth-order valence-electron chi connectivity index (χ4n) is 4.64. The van der Waals surface area contributed by atoms with Crippen LogP contribution >= 0.6 is 0 Å². The van der Waals surface area contributed by atoms with Crippen LogP contribution in [0.5, 0.6) is 0 Å². The Morgan fingerprint density at radius 3 is 1.07 bits per heavy atom. The van der Waals surface area contributed by atoms with Crippen molar-refractivity contribution in [2.75, 3.05) is 0 Å². The first-order valence-electron chi connectivity index (χ1n) is 12.5. The average Bonchev–Trinajstić information content (AvgIpc) is 2.70. The van der Waals surface area contributed by atoms with Crippen LogP contribution in [0.4, 0.5) is 0 Å². The number of nitrogens with zero attached hydrogens (tertiary/aromatic N) is 2. The molecule has 166 valence electrons. The standard InChI is InChI=1S/C28H46N2/c1-7-9-11-13-15-17-29-23(3)19-27(20-24(29)4)28-21-25(5)30(26(6)22-28)18-16-14-12-10-8-2/h19-22H,7-18H2,1-6H3/q+2. The second kappa shape index (κ2) is 12.9. The lowest BCUT2D eigenvalue weighted by molar-refractivity contribution is -0.709. The monoisotopic (exact) mass is 410 g/mol. The van der Waals surface area contributed by atoms with E-state index in [9.17, 15) is 0 Å². The van der Waals surface area contributed by atoms with Crippen LogP contribution in [0.15, 0.2) is 24.3 Å². The first-order chi connectivity index (χ1) is 14.5. The van der Waals surface area contributed by atoms with Gasteiger partial charge in [-0.1, -0.05) is 52.4 Å². The Bertz CT molecular complexity index is 678. The van der Waals surface area contributed by atoms with E-state index in [4.69, 9.17) is 0 Å². The fraction of sp³-hybridized carbons (Fsp3) is 0.643. The minimum Gasteiger partial charge on any atom is -0.200 e. The van der Waals surface area contributed by atoms with Crippen molar-refractivity contribution in [1.29, 1.82) is 0 Å². The van der Waals surface area contributed by atoms with Crippen LogP contribution in [0.25, 0.3) is 11.1 Å². The van der Waals surface area contributed by atoms with Gasteiger partial charge in [0.2, 0.25) is 0 Å². The molecule has 2 aromatic rings. The van der Waals surface area contributed by atoms with Crippen molar-refractivity contribution >= 4 is 0 Å². The summed E-state index contributed by atoms with van der Waals surface area (Å²) in [4.78, 5) is 0. The van der Waals surface area contributed by atoms with Gasteiger partial charge in [0.05, 0.1) is 0 Å². The van der Waals surface area contributed by atoms with Crippen molar-refractivity contribution in [2.24, 2.45) is 0 Å². The molecule has 2 heterocycles. The highest BCUT2D eigenvalue weighted by atomic mass is 15.0. The molecule has 0 spiro atoms. The molecule has 0 amide bonds. The lowest BCUT2D eigenvalue weighted by Crippen LogP contribution is -2.41. The number of hydrogen-bond acceptors (Lipinski definition) is 0. The zero-order chi connectivity index (χ0) is 21.9. The van der Waals surface area contributed by atoms with E-state index in [1.54, 1.807) is 0 Å². The second-order valence-electron chi connectivity index (χ2n) is 9.19. The third-order valence-corrected chi connectivity index (χ3v) is 6.46. The Morgan fingerprint density at radius 1 is 0.467 bits per heavy atom. The SMILES string of the molecule is CCCCCCC[n+]1c(C)cc(-c2cc(C)[n+](CCCCCCC)c(C)c2)cc1C. The van der Waals surface area contributed by atoms with Gasteiger partial charge in [0, 0.05) is 64.8 Å². The predicted molar refractivity (Wildman–Crippen MR) is 129 cm³/mol. The Kier molecular flexibility index (Phi) is 10.5. The van der Waals surface area contributed by atoms with Gasteiger partial charge in [-0.05, 0) is 24.0 Å². The molecule has 0 radical (unpaired) electrons. The van der Waals surface area contributed by atoms with Crippen molar-refractivity contribution < 1.29 is 9.13 Å². The van der Waals surface area contributed by atoms with Crippen molar-refractivity contribution in [2.45, 2.75) is 119 Å². The Hall–Kier alpha value is -1.70. The van der Waals surface area contributed by atoms with Crippen molar-refractivity contribution in [3.05, 3.63) is 47.0 Å². The van der Waals surface area contributed by atoms with Gasteiger partial charge in [-0.2, -0.15) is 0 Å². The Morgan fingerprint density at radius 2 is 0.767 bits per heavy atom. The lowest BCUT2D eigenvalue weighted by atomic mass is 10.0. The Labute approximate surface area is 186 Å². The summed E-state index contributed by atoms with van der Waals surface area (Å²) in [5.41, 5.74) is 8.22. The van der Waals surface area contributed by atoms with Gasteiger partial charge in [-0.25, -0.2) is 9.13 Å². The van der Waals surface area contributed by atoms with Crippen LogP contribution in [-0.4, -0.2) is 0 Å². The zero-order valence-electron chi connectivity index (χ0n) is 20.7. The molecular formula is C28H46N2+2. The quantitative estimate of drug-likeness (QED) is 0.246. The molecule has 0 bridgehead atoms. The van der Waals surface area contributed by atoms with Crippen LogP contribution < -0.4 is 9.13 Å². The highest BCUT2D eigenvalue weighted by Gasteiger charge is 2.17. The molecule has 30 heavy (non-hydrogen) atoms. The molecule has 0 saturated heterocycles. The van der Waals surface area contributed by atoms with Crippen LogP contribution in [0.2, 0.25) is 0 Å². The van der Waals surface area contributed by atoms with E-state index >= 15 is 0 Å². The summed E-state index contributed by atoms with van der Waals surface area (Å²) in [6.45, 7) is 15.9. The summed E-state index contributed by atoms with van der Waals surface area (Å²) in [5.74, 6) is 0. The minimum absolute atomic E-state index is 1.15. The minimum atomic E-state index is 1.15. The number of rotatable bonds is 13. The van der Waals surface area contributed by atoms with E-state index in [1.807, 2.05) is 0 Å². The van der Waals surface area contributed by atoms with Crippen LogP contribution in [0.1, 0.15) is 101 Å². The van der Waals surface area contributed by atoms with Gasteiger partial charge in [-0.3, -0.25) is 0 Å².